The van der Waals surface area contributed by atoms with E-state index in [1.807, 2.05) is 30.3 Å². The average molecular weight is 317 g/mol. The molecule has 23 heavy (non-hydrogen) atoms. The molecule has 0 aliphatic carbocycles. The van der Waals surface area contributed by atoms with E-state index in [4.69, 9.17) is 4.74 Å². The maximum atomic E-state index is 12.1. The van der Waals surface area contributed by atoms with E-state index in [9.17, 15) is 14.4 Å². The van der Waals surface area contributed by atoms with Gasteiger partial charge in [-0.05, 0) is 11.6 Å². The number of ether oxygens (including phenoxy) is 1. The number of amides is 3. The number of carbonyl (C=O) groups excluding carboxylic acids is 3. The van der Waals surface area contributed by atoms with Gasteiger partial charge in [-0.25, -0.2) is 15.2 Å². The zero-order chi connectivity index (χ0) is 16.5. The predicted octanol–water partition coefficient (Wildman–Crippen LogP) is 0.684. The molecule has 1 fully saturated rings. The fraction of sp³-hybridized carbons (Fsp3) is 0.312. The third kappa shape index (κ3) is 5.23. The molecule has 1 aromatic carbocycles. The van der Waals surface area contributed by atoms with Crippen LogP contribution < -0.4 is 5.43 Å². The molecule has 0 radical (unpaired) electrons. The minimum Gasteiger partial charge on any atom is -0.378 e. The molecule has 1 aromatic rings. The summed E-state index contributed by atoms with van der Waals surface area (Å²) in [5.41, 5.74) is 3.31. The van der Waals surface area contributed by atoms with Gasteiger partial charge in [-0.3, -0.25) is 4.79 Å². The summed E-state index contributed by atoms with van der Waals surface area (Å²) < 4.78 is 5.17. The SMILES string of the molecule is O=CCN(NC(=O)N1CCOCC1)C(=O)/C=C/c1ccccc1. The Morgan fingerprint density at radius 2 is 1.91 bits per heavy atom. The van der Waals surface area contributed by atoms with Crippen LogP contribution in [0.4, 0.5) is 4.79 Å². The number of hydrazine groups is 1. The standard InChI is InChI=1S/C16H19N3O4/c20-11-8-19(17-16(22)18-9-12-23-13-10-18)15(21)7-6-14-4-2-1-3-5-14/h1-7,11H,8-10,12-13H2,(H,17,22)/b7-6+. The number of aldehydes is 1. The first-order valence-electron chi connectivity index (χ1n) is 7.32. The molecule has 1 saturated heterocycles. The zero-order valence-electron chi connectivity index (χ0n) is 12.7. The Morgan fingerprint density at radius 3 is 2.57 bits per heavy atom. The van der Waals surface area contributed by atoms with Gasteiger partial charge in [-0.15, -0.1) is 0 Å². The Labute approximate surface area is 134 Å². The van der Waals surface area contributed by atoms with Crippen molar-refractivity contribution in [2.24, 2.45) is 0 Å². The molecule has 7 nitrogen and oxygen atoms in total. The third-order valence-corrected chi connectivity index (χ3v) is 3.27. The summed E-state index contributed by atoms with van der Waals surface area (Å²) in [5, 5.41) is 0.990. The summed E-state index contributed by atoms with van der Waals surface area (Å²) >= 11 is 0. The number of urea groups is 1. The van der Waals surface area contributed by atoms with E-state index in [2.05, 4.69) is 5.43 Å². The van der Waals surface area contributed by atoms with Gasteiger partial charge in [0, 0.05) is 19.2 Å². The first-order chi connectivity index (χ1) is 11.2. The van der Waals surface area contributed by atoms with E-state index < -0.39 is 11.9 Å². The van der Waals surface area contributed by atoms with E-state index in [-0.39, 0.29) is 6.54 Å². The van der Waals surface area contributed by atoms with Crippen LogP contribution in [-0.2, 0) is 14.3 Å². The van der Waals surface area contributed by atoms with E-state index in [0.717, 1.165) is 10.6 Å². The molecule has 2 rings (SSSR count). The first-order valence-corrected chi connectivity index (χ1v) is 7.32. The van der Waals surface area contributed by atoms with Crippen LogP contribution in [-0.4, -0.2) is 61.0 Å². The van der Waals surface area contributed by atoms with Gasteiger partial charge in [0.1, 0.15) is 6.29 Å². The van der Waals surface area contributed by atoms with Gasteiger partial charge in [0.25, 0.3) is 5.91 Å². The molecule has 1 aliphatic rings. The van der Waals surface area contributed by atoms with Crippen molar-refractivity contribution >= 4 is 24.3 Å². The lowest BCUT2D eigenvalue weighted by atomic mass is 10.2. The maximum absolute atomic E-state index is 12.1. The van der Waals surface area contributed by atoms with Crippen LogP contribution in [0.3, 0.4) is 0 Å². The summed E-state index contributed by atoms with van der Waals surface area (Å²) in [6, 6.07) is 8.86. The molecular formula is C16H19N3O4. The second kappa shape index (κ2) is 8.70. The van der Waals surface area contributed by atoms with Gasteiger partial charge >= 0.3 is 6.03 Å². The fourth-order valence-electron chi connectivity index (χ4n) is 2.04. The summed E-state index contributed by atoms with van der Waals surface area (Å²) in [6.45, 7) is 1.61. The van der Waals surface area contributed by atoms with Crippen molar-refractivity contribution in [2.45, 2.75) is 0 Å². The van der Waals surface area contributed by atoms with Crippen LogP contribution >= 0.6 is 0 Å². The first kappa shape index (κ1) is 16.7. The van der Waals surface area contributed by atoms with Gasteiger partial charge in [0.15, 0.2) is 0 Å². The Bertz CT molecular complexity index is 568. The quantitative estimate of drug-likeness (QED) is 0.503. The molecule has 0 saturated carbocycles. The third-order valence-electron chi connectivity index (χ3n) is 3.27. The lowest BCUT2D eigenvalue weighted by Crippen LogP contribution is -2.54. The monoisotopic (exact) mass is 317 g/mol. The molecule has 7 heteroatoms. The van der Waals surface area contributed by atoms with Gasteiger partial charge < -0.3 is 14.4 Å². The maximum Gasteiger partial charge on any atom is 0.336 e. The molecule has 122 valence electrons. The van der Waals surface area contributed by atoms with Crippen LogP contribution in [0.25, 0.3) is 6.08 Å². The number of hydrogen-bond acceptors (Lipinski definition) is 4. The molecule has 1 aliphatic heterocycles. The van der Waals surface area contributed by atoms with Crippen LogP contribution in [0.15, 0.2) is 36.4 Å². The Hall–Kier alpha value is -2.67. The minimum atomic E-state index is -0.470. The predicted molar refractivity (Wildman–Crippen MR) is 84.2 cm³/mol. The lowest BCUT2D eigenvalue weighted by molar-refractivity contribution is -0.130. The number of hydrogen-bond donors (Lipinski definition) is 1. The van der Waals surface area contributed by atoms with Crippen molar-refractivity contribution in [1.29, 1.82) is 0 Å². The molecule has 0 bridgehead atoms. The number of benzene rings is 1. The van der Waals surface area contributed by atoms with Crippen LogP contribution in [0, 0.1) is 0 Å². The smallest absolute Gasteiger partial charge is 0.336 e. The molecule has 3 amide bonds. The van der Waals surface area contributed by atoms with Crippen molar-refractivity contribution in [3.05, 3.63) is 42.0 Å². The molecule has 1 heterocycles. The Morgan fingerprint density at radius 1 is 1.22 bits per heavy atom. The van der Waals surface area contributed by atoms with Crippen LogP contribution in [0.2, 0.25) is 0 Å². The van der Waals surface area contributed by atoms with Gasteiger partial charge in [-0.1, -0.05) is 30.3 Å². The van der Waals surface area contributed by atoms with Gasteiger partial charge in [-0.2, -0.15) is 0 Å². The molecular weight excluding hydrogens is 298 g/mol. The molecule has 0 spiro atoms. The largest absolute Gasteiger partial charge is 0.378 e. The van der Waals surface area contributed by atoms with E-state index in [1.54, 1.807) is 6.08 Å². The number of carbonyl (C=O) groups is 3. The highest BCUT2D eigenvalue weighted by Gasteiger charge is 2.20. The summed E-state index contributed by atoms with van der Waals surface area (Å²) in [6.07, 6.45) is 3.51. The summed E-state index contributed by atoms with van der Waals surface area (Å²) in [5.74, 6) is -0.470. The second-order valence-electron chi connectivity index (χ2n) is 4.88. The molecule has 0 aromatic heterocycles. The van der Waals surface area contributed by atoms with Crippen LogP contribution in [0.5, 0.6) is 0 Å². The molecule has 1 N–H and O–H groups in total. The van der Waals surface area contributed by atoms with E-state index >= 15 is 0 Å². The summed E-state index contributed by atoms with van der Waals surface area (Å²) in [4.78, 5) is 36.5. The van der Waals surface area contributed by atoms with Crippen molar-refractivity contribution in [3.8, 4) is 0 Å². The highest BCUT2D eigenvalue weighted by Crippen LogP contribution is 2.02. The lowest BCUT2D eigenvalue weighted by Gasteiger charge is -2.29. The number of morpholine rings is 1. The average Bonchev–Trinajstić information content (AvgIpc) is 2.61. The topological polar surface area (TPSA) is 79.0 Å². The fourth-order valence-corrected chi connectivity index (χ4v) is 2.04. The number of rotatable bonds is 4. The van der Waals surface area contributed by atoms with E-state index in [1.165, 1.54) is 11.0 Å². The number of nitrogens with one attached hydrogen (secondary N) is 1. The van der Waals surface area contributed by atoms with Crippen LogP contribution in [0.1, 0.15) is 5.56 Å². The zero-order valence-corrected chi connectivity index (χ0v) is 12.7. The highest BCUT2D eigenvalue weighted by molar-refractivity contribution is 5.94. The highest BCUT2D eigenvalue weighted by atomic mass is 16.5. The summed E-state index contributed by atoms with van der Waals surface area (Å²) in [7, 11) is 0. The van der Waals surface area contributed by atoms with Crippen molar-refractivity contribution in [3.63, 3.8) is 0 Å². The molecule has 0 unspecified atom stereocenters. The van der Waals surface area contributed by atoms with Crippen molar-refractivity contribution in [1.82, 2.24) is 15.3 Å². The normalized spacial score (nSPS) is 14.5. The van der Waals surface area contributed by atoms with Gasteiger partial charge in [0.2, 0.25) is 0 Å². The Balaban J connectivity index is 1.96. The van der Waals surface area contributed by atoms with Crippen molar-refractivity contribution in [2.75, 3.05) is 32.8 Å². The molecule has 0 atom stereocenters. The minimum absolute atomic E-state index is 0.214. The van der Waals surface area contributed by atoms with Crippen molar-refractivity contribution < 1.29 is 19.1 Å². The number of nitrogens with zero attached hydrogens (tertiary/aromatic N) is 2. The van der Waals surface area contributed by atoms with E-state index in [0.29, 0.717) is 32.6 Å². The van der Waals surface area contributed by atoms with Gasteiger partial charge in [0.05, 0.1) is 19.8 Å². The second-order valence-corrected chi connectivity index (χ2v) is 4.88. The Kier molecular flexibility index (Phi) is 6.31.